The Morgan fingerprint density at radius 2 is 2.06 bits per heavy atom. The molecule has 1 aromatic heterocycles. The molecule has 0 bridgehead atoms. The van der Waals surface area contributed by atoms with Crippen LogP contribution < -0.4 is 0 Å². The van der Waals surface area contributed by atoms with Crippen LogP contribution in [0.5, 0.6) is 0 Å². The minimum Gasteiger partial charge on any atom is -0.361 e. The summed E-state index contributed by atoms with van der Waals surface area (Å²) in [6, 6.07) is 6.67. The summed E-state index contributed by atoms with van der Waals surface area (Å²) >= 11 is 0. The number of halogens is 1. The van der Waals surface area contributed by atoms with Gasteiger partial charge in [-0.2, -0.15) is 0 Å². The molecule has 0 aliphatic carbocycles. The predicted molar refractivity (Wildman–Crippen MR) is 67.5 cm³/mol. The van der Waals surface area contributed by atoms with Gasteiger partial charge in [0.2, 0.25) is 0 Å². The number of rotatable bonds is 4. The fourth-order valence-electron chi connectivity index (χ4n) is 2.00. The molecule has 3 nitrogen and oxygen atoms in total. The molecule has 1 aromatic carbocycles. The first kappa shape index (κ1) is 12.8. The van der Waals surface area contributed by atoms with E-state index in [2.05, 4.69) is 10.1 Å². The van der Waals surface area contributed by atoms with Gasteiger partial charge in [0.15, 0.2) is 0 Å². The van der Waals surface area contributed by atoms with Gasteiger partial charge in [-0.05, 0) is 38.6 Å². The molecule has 2 rings (SSSR count). The summed E-state index contributed by atoms with van der Waals surface area (Å²) in [6.45, 7) is 5.28. The standard InChI is InChI=1S/C14H17FN2O/c1-10-14(11(2)18-16-10)9-17(3)8-12-5-4-6-13(15)7-12/h4-7H,8-9H2,1-3H3. The summed E-state index contributed by atoms with van der Waals surface area (Å²) < 4.78 is 18.2. The molecule has 96 valence electrons. The first-order valence-corrected chi connectivity index (χ1v) is 5.91. The van der Waals surface area contributed by atoms with E-state index < -0.39 is 0 Å². The minimum absolute atomic E-state index is 0.196. The van der Waals surface area contributed by atoms with Crippen molar-refractivity contribution in [2.24, 2.45) is 0 Å². The van der Waals surface area contributed by atoms with Gasteiger partial charge in [-0.1, -0.05) is 17.3 Å². The van der Waals surface area contributed by atoms with Crippen LogP contribution in [0, 0.1) is 19.7 Å². The van der Waals surface area contributed by atoms with Gasteiger partial charge in [0.05, 0.1) is 5.69 Å². The first-order chi connectivity index (χ1) is 8.56. The van der Waals surface area contributed by atoms with Gasteiger partial charge in [0.1, 0.15) is 11.6 Å². The molecule has 0 radical (unpaired) electrons. The summed E-state index contributed by atoms with van der Waals surface area (Å²) in [6.07, 6.45) is 0. The summed E-state index contributed by atoms with van der Waals surface area (Å²) in [7, 11) is 2.00. The maximum absolute atomic E-state index is 13.1. The Hall–Kier alpha value is -1.68. The zero-order valence-corrected chi connectivity index (χ0v) is 10.9. The normalized spacial score (nSPS) is 11.2. The molecule has 0 aliphatic rings. The molecule has 4 heteroatoms. The SMILES string of the molecule is Cc1noc(C)c1CN(C)Cc1cccc(F)c1. The first-order valence-electron chi connectivity index (χ1n) is 5.91. The molecule has 0 fully saturated rings. The Morgan fingerprint density at radius 1 is 1.28 bits per heavy atom. The van der Waals surface area contributed by atoms with Gasteiger partial charge < -0.3 is 4.52 Å². The number of aryl methyl sites for hydroxylation is 2. The maximum atomic E-state index is 13.1. The van der Waals surface area contributed by atoms with E-state index in [1.54, 1.807) is 12.1 Å². The quantitative estimate of drug-likeness (QED) is 0.832. The van der Waals surface area contributed by atoms with Crippen LogP contribution in [0.1, 0.15) is 22.6 Å². The molecule has 2 aromatic rings. The van der Waals surface area contributed by atoms with Crippen molar-refractivity contribution in [1.82, 2.24) is 10.1 Å². The molecular weight excluding hydrogens is 231 g/mol. The predicted octanol–water partition coefficient (Wildman–Crippen LogP) is 3.06. The van der Waals surface area contributed by atoms with Gasteiger partial charge in [0.25, 0.3) is 0 Å². The maximum Gasteiger partial charge on any atom is 0.138 e. The van der Waals surface area contributed by atoms with E-state index in [1.165, 1.54) is 6.07 Å². The van der Waals surface area contributed by atoms with Crippen LogP contribution in [0.25, 0.3) is 0 Å². The third-order valence-electron chi connectivity index (χ3n) is 2.95. The highest BCUT2D eigenvalue weighted by atomic mass is 19.1. The molecule has 0 atom stereocenters. The highest BCUT2D eigenvalue weighted by Crippen LogP contribution is 2.15. The number of aromatic nitrogens is 1. The molecule has 1 heterocycles. The Balaban J connectivity index is 2.03. The number of benzene rings is 1. The van der Waals surface area contributed by atoms with E-state index >= 15 is 0 Å². The van der Waals surface area contributed by atoms with E-state index in [-0.39, 0.29) is 5.82 Å². The van der Waals surface area contributed by atoms with Crippen molar-refractivity contribution in [3.05, 3.63) is 52.7 Å². The second-order valence-electron chi connectivity index (χ2n) is 4.60. The topological polar surface area (TPSA) is 29.3 Å². The number of hydrogen-bond acceptors (Lipinski definition) is 3. The van der Waals surface area contributed by atoms with Crippen LogP contribution in [-0.4, -0.2) is 17.1 Å². The lowest BCUT2D eigenvalue weighted by Gasteiger charge is -2.16. The van der Waals surface area contributed by atoms with Gasteiger partial charge in [-0.15, -0.1) is 0 Å². The smallest absolute Gasteiger partial charge is 0.138 e. The Bertz CT molecular complexity index is 517. The van der Waals surface area contributed by atoms with Crippen LogP contribution in [0.4, 0.5) is 4.39 Å². The molecule has 18 heavy (non-hydrogen) atoms. The summed E-state index contributed by atoms with van der Waals surface area (Å²) in [4.78, 5) is 2.11. The van der Waals surface area contributed by atoms with Crippen molar-refractivity contribution < 1.29 is 8.91 Å². The summed E-state index contributed by atoms with van der Waals surface area (Å²) in [5.41, 5.74) is 2.98. The minimum atomic E-state index is -0.196. The van der Waals surface area contributed by atoms with Crippen molar-refractivity contribution in [2.75, 3.05) is 7.05 Å². The lowest BCUT2D eigenvalue weighted by Crippen LogP contribution is -2.18. The highest BCUT2D eigenvalue weighted by molar-refractivity contribution is 5.21. The number of hydrogen-bond donors (Lipinski definition) is 0. The van der Waals surface area contributed by atoms with Crippen LogP contribution in [0.15, 0.2) is 28.8 Å². The molecule has 0 spiro atoms. The second-order valence-corrected chi connectivity index (χ2v) is 4.60. The third kappa shape index (κ3) is 2.96. The molecule has 0 N–H and O–H groups in total. The molecule has 0 saturated heterocycles. The lowest BCUT2D eigenvalue weighted by molar-refractivity contribution is 0.314. The average molecular weight is 248 g/mol. The van der Waals surface area contributed by atoms with Crippen molar-refractivity contribution in [2.45, 2.75) is 26.9 Å². The fraction of sp³-hybridized carbons (Fsp3) is 0.357. The number of nitrogens with zero attached hydrogens (tertiary/aromatic N) is 2. The van der Waals surface area contributed by atoms with E-state index in [1.807, 2.05) is 27.0 Å². The van der Waals surface area contributed by atoms with Crippen LogP contribution in [-0.2, 0) is 13.1 Å². The van der Waals surface area contributed by atoms with Gasteiger partial charge in [-0.25, -0.2) is 4.39 Å². The summed E-state index contributed by atoms with van der Waals surface area (Å²) in [5, 5.41) is 3.93. The fourth-order valence-corrected chi connectivity index (χ4v) is 2.00. The lowest BCUT2D eigenvalue weighted by atomic mass is 10.1. The molecule has 0 amide bonds. The van der Waals surface area contributed by atoms with E-state index in [9.17, 15) is 4.39 Å². The monoisotopic (exact) mass is 248 g/mol. The van der Waals surface area contributed by atoms with Crippen molar-refractivity contribution in [3.63, 3.8) is 0 Å². The van der Waals surface area contributed by atoms with Crippen LogP contribution in [0.2, 0.25) is 0 Å². The average Bonchev–Trinajstić information content (AvgIpc) is 2.61. The van der Waals surface area contributed by atoms with E-state index in [0.717, 1.165) is 29.1 Å². The van der Waals surface area contributed by atoms with Crippen molar-refractivity contribution in [1.29, 1.82) is 0 Å². The van der Waals surface area contributed by atoms with E-state index in [4.69, 9.17) is 4.52 Å². The second kappa shape index (κ2) is 5.31. The highest BCUT2D eigenvalue weighted by Gasteiger charge is 2.11. The summed E-state index contributed by atoms with van der Waals surface area (Å²) in [5.74, 6) is 0.650. The zero-order chi connectivity index (χ0) is 13.1. The largest absolute Gasteiger partial charge is 0.361 e. The molecular formula is C14H17FN2O. The molecule has 0 unspecified atom stereocenters. The Kier molecular flexibility index (Phi) is 3.77. The molecule has 0 aliphatic heterocycles. The van der Waals surface area contributed by atoms with Crippen molar-refractivity contribution >= 4 is 0 Å². The van der Waals surface area contributed by atoms with Gasteiger partial charge in [-0.3, -0.25) is 4.90 Å². The Morgan fingerprint density at radius 3 is 2.67 bits per heavy atom. The zero-order valence-electron chi connectivity index (χ0n) is 10.9. The Labute approximate surface area is 106 Å². The van der Waals surface area contributed by atoms with Gasteiger partial charge >= 0.3 is 0 Å². The van der Waals surface area contributed by atoms with E-state index in [0.29, 0.717) is 6.54 Å². The third-order valence-corrected chi connectivity index (χ3v) is 2.95. The van der Waals surface area contributed by atoms with Crippen LogP contribution in [0.3, 0.4) is 0 Å². The van der Waals surface area contributed by atoms with Crippen molar-refractivity contribution in [3.8, 4) is 0 Å². The van der Waals surface area contributed by atoms with Crippen LogP contribution >= 0.6 is 0 Å². The molecule has 0 saturated carbocycles. The van der Waals surface area contributed by atoms with Gasteiger partial charge in [0, 0.05) is 18.7 Å².